The number of fused-ring (bicyclic) bond motifs is 1. The molecule has 4 rings (SSSR count). The van der Waals surface area contributed by atoms with Crippen LogP contribution in [0.2, 0.25) is 0 Å². The van der Waals surface area contributed by atoms with Crippen LogP contribution in [0.15, 0.2) is 48.5 Å². The Kier molecular flexibility index (Phi) is 4.32. The van der Waals surface area contributed by atoms with Crippen molar-refractivity contribution in [3.05, 3.63) is 54.1 Å². The fraction of sp³-hybridized carbons (Fsp3) is 0.350. The molecule has 1 saturated heterocycles. The Labute approximate surface area is 148 Å². The van der Waals surface area contributed by atoms with Crippen LogP contribution in [-0.4, -0.2) is 50.1 Å². The molecule has 130 valence electrons. The van der Waals surface area contributed by atoms with Crippen LogP contribution in [0.3, 0.4) is 0 Å². The number of nitrogens with one attached hydrogen (secondary N) is 1. The highest BCUT2D eigenvalue weighted by Crippen LogP contribution is 2.30. The second-order valence-corrected chi connectivity index (χ2v) is 6.72. The first-order chi connectivity index (χ1) is 12.2. The van der Waals surface area contributed by atoms with Gasteiger partial charge in [0.1, 0.15) is 5.75 Å². The molecule has 2 aliphatic heterocycles. The Morgan fingerprint density at radius 3 is 2.56 bits per heavy atom. The molecule has 1 amide bonds. The zero-order valence-electron chi connectivity index (χ0n) is 14.4. The van der Waals surface area contributed by atoms with Crippen molar-refractivity contribution < 1.29 is 9.53 Å². The topological polar surface area (TPSA) is 44.8 Å². The van der Waals surface area contributed by atoms with Crippen molar-refractivity contribution in [3.63, 3.8) is 0 Å². The molecule has 0 unspecified atom stereocenters. The van der Waals surface area contributed by atoms with Gasteiger partial charge in [-0.1, -0.05) is 30.3 Å². The summed E-state index contributed by atoms with van der Waals surface area (Å²) < 4.78 is 5.81. The molecule has 0 aromatic heterocycles. The number of piperazine rings is 1. The lowest BCUT2D eigenvalue weighted by atomic mass is 10.1. The van der Waals surface area contributed by atoms with Crippen molar-refractivity contribution >= 4 is 17.3 Å². The number of amides is 1. The number of likely N-dealkylation sites (N-methyl/N-ethyl adjacent to an activating group) is 1. The van der Waals surface area contributed by atoms with Gasteiger partial charge in [0.05, 0.1) is 11.4 Å². The van der Waals surface area contributed by atoms with E-state index in [0.717, 1.165) is 48.9 Å². The van der Waals surface area contributed by atoms with Crippen molar-refractivity contribution in [2.24, 2.45) is 0 Å². The maximum atomic E-state index is 12.7. The summed E-state index contributed by atoms with van der Waals surface area (Å²) in [6, 6.07) is 15.9. The predicted octanol–water partition coefficient (Wildman–Crippen LogP) is 2.38. The Hall–Kier alpha value is -2.53. The molecule has 5 nitrogen and oxygen atoms in total. The van der Waals surface area contributed by atoms with Crippen LogP contribution in [0.5, 0.6) is 5.75 Å². The summed E-state index contributed by atoms with van der Waals surface area (Å²) in [5, 5.41) is 3.08. The molecule has 1 fully saturated rings. The normalized spacial score (nSPS) is 20.0. The summed E-state index contributed by atoms with van der Waals surface area (Å²) in [5.74, 6) is 0.729. The highest BCUT2D eigenvalue weighted by molar-refractivity contribution is 5.98. The van der Waals surface area contributed by atoms with Crippen LogP contribution >= 0.6 is 0 Å². The van der Waals surface area contributed by atoms with E-state index in [1.807, 2.05) is 42.5 Å². The van der Waals surface area contributed by atoms with E-state index >= 15 is 0 Å². The van der Waals surface area contributed by atoms with E-state index in [2.05, 4.69) is 28.2 Å². The lowest BCUT2D eigenvalue weighted by Gasteiger charge is -2.35. The molecule has 2 aromatic carbocycles. The molecular formula is C20H23N3O2. The van der Waals surface area contributed by atoms with E-state index in [1.165, 1.54) is 0 Å². The minimum absolute atomic E-state index is 0.0854. The fourth-order valence-electron chi connectivity index (χ4n) is 3.44. The number of anilines is 2. The van der Waals surface area contributed by atoms with Gasteiger partial charge >= 0.3 is 0 Å². The molecular weight excluding hydrogens is 314 g/mol. The average molecular weight is 337 g/mol. The average Bonchev–Trinajstić information content (AvgIpc) is 3.07. The monoisotopic (exact) mass is 337 g/mol. The zero-order chi connectivity index (χ0) is 17.2. The third kappa shape index (κ3) is 3.33. The van der Waals surface area contributed by atoms with E-state index in [4.69, 9.17) is 4.74 Å². The van der Waals surface area contributed by atoms with Crippen molar-refractivity contribution in [1.82, 2.24) is 4.90 Å². The Bertz CT molecular complexity index is 744. The zero-order valence-corrected chi connectivity index (χ0v) is 14.4. The minimum atomic E-state index is -0.460. The standard InChI is InChI=1S/C20H23N3O2/c1-22-10-12-23(13-11-22)17-8-4-3-7-16(17)21-20(24)19-14-15-6-2-5-9-18(15)25-19/h2-9,19H,10-14H2,1H3,(H,21,24)/t19-/m0/s1. The first kappa shape index (κ1) is 16.0. The minimum Gasteiger partial charge on any atom is -0.480 e. The van der Waals surface area contributed by atoms with Gasteiger partial charge < -0.3 is 19.9 Å². The van der Waals surface area contributed by atoms with Crippen LogP contribution in [0.1, 0.15) is 5.56 Å². The summed E-state index contributed by atoms with van der Waals surface area (Å²) >= 11 is 0. The van der Waals surface area contributed by atoms with Gasteiger partial charge in [-0.05, 0) is 30.8 Å². The number of ether oxygens (including phenoxy) is 1. The molecule has 5 heteroatoms. The second-order valence-electron chi connectivity index (χ2n) is 6.72. The maximum Gasteiger partial charge on any atom is 0.265 e. The summed E-state index contributed by atoms with van der Waals surface area (Å²) in [6.07, 6.45) is 0.163. The highest BCUT2D eigenvalue weighted by atomic mass is 16.5. The molecule has 2 aromatic rings. The molecule has 0 bridgehead atoms. The van der Waals surface area contributed by atoms with Gasteiger partial charge in [0.2, 0.25) is 0 Å². The van der Waals surface area contributed by atoms with Crippen LogP contribution < -0.4 is 15.0 Å². The number of nitrogens with zero attached hydrogens (tertiary/aromatic N) is 2. The number of hydrogen-bond donors (Lipinski definition) is 1. The Balaban J connectivity index is 1.47. The van der Waals surface area contributed by atoms with Gasteiger partial charge in [0, 0.05) is 32.6 Å². The highest BCUT2D eigenvalue weighted by Gasteiger charge is 2.29. The van der Waals surface area contributed by atoms with E-state index in [9.17, 15) is 4.79 Å². The van der Waals surface area contributed by atoms with E-state index in [-0.39, 0.29) is 5.91 Å². The van der Waals surface area contributed by atoms with Crippen molar-refractivity contribution in [2.75, 3.05) is 43.4 Å². The molecule has 1 N–H and O–H groups in total. The quantitative estimate of drug-likeness (QED) is 0.934. The summed E-state index contributed by atoms with van der Waals surface area (Å²) in [5.41, 5.74) is 3.03. The van der Waals surface area contributed by atoms with Crippen molar-refractivity contribution in [2.45, 2.75) is 12.5 Å². The summed E-state index contributed by atoms with van der Waals surface area (Å²) in [4.78, 5) is 17.4. The van der Waals surface area contributed by atoms with Gasteiger partial charge in [-0.25, -0.2) is 0 Å². The molecule has 0 aliphatic carbocycles. The number of carbonyl (C=O) groups excluding carboxylic acids is 1. The molecule has 2 aliphatic rings. The lowest BCUT2D eigenvalue weighted by molar-refractivity contribution is -0.122. The largest absolute Gasteiger partial charge is 0.480 e. The lowest BCUT2D eigenvalue weighted by Crippen LogP contribution is -2.44. The van der Waals surface area contributed by atoms with Gasteiger partial charge in [-0.15, -0.1) is 0 Å². The first-order valence-corrected chi connectivity index (χ1v) is 8.78. The number of para-hydroxylation sites is 3. The predicted molar refractivity (Wildman–Crippen MR) is 99.3 cm³/mol. The number of hydrogen-bond acceptors (Lipinski definition) is 4. The van der Waals surface area contributed by atoms with Gasteiger partial charge in [0.15, 0.2) is 6.10 Å². The third-order valence-electron chi connectivity index (χ3n) is 4.95. The smallest absolute Gasteiger partial charge is 0.265 e. The van der Waals surface area contributed by atoms with Crippen molar-refractivity contribution in [1.29, 1.82) is 0 Å². The molecule has 1 atom stereocenters. The Morgan fingerprint density at radius 2 is 1.76 bits per heavy atom. The first-order valence-electron chi connectivity index (χ1n) is 8.78. The van der Waals surface area contributed by atoms with Gasteiger partial charge in [-0.3, -0.25) is 4.79 Å². The van der Waals surface area contributed by atoms with E-state index in [1.54, 1.807) is 0 Å². The van der Waals surface area contributed by atoms with Crippen LogP contribution in [0.4, 0.5) is 11.4 Å². The number of rotatable bonds is 3. The molecule has 0 saturated carbocycles. The Morgan fingerprint density at radius 1 is 1.04 bits per heavy atom. The fourth-order valence-corrected chi connectivity index (χ4v) is 3.44. The second kappa shape index (κ2) is 6.76. The number of benzene rings is 2. The SMILES string of the molecule is CN1CCN(c2ccccc2NC(=O)[C@@H]2Cc3ccccc3O2)CC1. The summed E-state index contributed by atoms with van der Waals surface area (Å²) in [6.45, 7) is 4.00. The maximum absolute atomic E-state index is 12.7. The molecule has 0 spiro atoms. The molecule has 25 heavy (non-hydrogen) atoms. The van der Waals surface area contributed by atoms with Crippen LogP contribution in [-0.2, 0) is 11.2 Å². The molecule has 2 heterocycles. The molecule has 0 radical (unpaired) electrons. The van der Waals surface area contributed by atoms with Gasteiger partial charge in [0.25, 0.3) is 5.91 Å². The van der Waals surface area contributed by atoms with Crippen molar-refractivity contribution in [3.8, 4) is 5.75 Å². The third-order valence-corrected chi connectivity index (χ3v) is 4.95. The summed E-state index contributed by atoms with van der Waals surface area (Å²) in [7, 11) is 2.14. The van der Waals surface area contributed by atoms with Crippen LogP contribution in [0, 0.1) is 0 Å². The van der Waals surface area contributed by atoms with E-state index < -0.39 is 6.10 Å². The number of carbonyl (C=O) groups is 1. The van der Waals surface area contributed by atoms with E-state index in [0.29, 0.717) is 6.42 Å². The van der Waals surface area contributed by atoms with Crippen LogP contribution in [0.25, 0.3) is 0 Å². The van der Waals surface area contributed by atoms with Gasteiger partial charge in [-0.2, -0.15) is 0 Å².